The van der Waals surface area contributed by atoms with Gasteiger partial charge in [-0.25, -0.2) is 4.68 Å². The molecule has 0 amide bonds. The number of furan rings is 1. The minimum Gasteiger partial charge on any atom is -0.497 e. The zero-order chi connectivity index (χ0) is 23.2. The Morgan fingerprint density at radius 1 is 0.971 bits per heavy atom. The van der Waals surface area contributed by atoms with E-state index in [-0.39, 0.29) is 0 Å². The molecule has 0 bridgehead atoms. The Labute approximate surface area is 200 Å². The number of piperazine rings is 1. The molecule has 1 N–H and O–H groups in total. The highest BCUT2D eigenvalue weighted by Crippen LogP contribution is 2.25. The van der Waals surface area contributed by atoms with Crippen molar-refractivity contribution in [3.63, 3.8) is 0 Å². The molecule has 1 fully saturated rings. The van der Waals surface area contributed by atoms with E-state index in [4.69, 9.17) is 9.15 Å². The number of rotatable bonds is 9. The van der Waals surface area contributed by atoms with E-state index >= 15 is 0 Å². The van der Waals surface area contributed by atoms with E-state index in [2.05, 4.69) is 50.5 Å². The maximum atomic E-state index is 5.64. The van der Waals surface area contributed by atoms with Crippen molar-refractivity contribution in [2.75, 3.05) is 51.3 Å². The topological polar surface area (TPSA) is 58.7 Å². The fourth-order valence-corrected chi connectivity index (χ4v) is 4.41. The Morgan fingerprint density at radius 2 is 1.82 bits per heavy atom. The van der Waals surface area contributed by atoms with Crippen molar-refractivity contribution in [2.24, 2.45) is 0 Å². The Morgan fingerprint density at radius 3 is 2.53 bits per heavy atom. The first-order valence-electron chi connectivity index (χ1n) is 11.8. The number of aromatic nitrogens is 2. The second-order valence-electron chi connectivity index (χ2n) is 8.52. The lowest BCUT2D eigenvalue weighted by Gasteiger charge is -2.36. The van der Waals surface area contributed by atoms with Crippen LogP contribution in [0.2, 0.25) is 0 Å². The molecule has 2 aromatic heterocycles. The second-order valence-corrected chi connectivity index (χ2v) is 8.52. The minimum atomic E-state index is 0.800. The van der Waals surface area contributed by atoms with Gasteiger partial charge in [-0.2, -0.15) is 5.10 Å². The zero-order valence-corrected chi connectivity index (χ0v) is 19.6. The lowest BCUT2D eigenvalue weighted by atomic mass is 10.1. The van der Waals surface area contributed by atoms with Gasteiger partial charge in [-0.3, -0.25) is 4.90 Å². The van der Waals surface area contributed by atoms with Gasteiger partial charge >= 0.3 is 0 Å². The quantitative estimate of drug-likeness (QED) is 0.383. The highest BCUT2D eigenvalue weighted by Gasteiger charge is 2.17. The molecule has 2 aromatic carbocycles. The maximum absolute atomic E-state index is 5.64. The molecule has 7 nitrogen and oxygen atoms in total. The third-order valence-corrected chi connectivity index (χ3v) is 6.30. The molecule has 1 aliphatic heterocycles. The van der Waals surface area contributed by atoms with Crippen LogP contribution in [0.5, 0.6) is 5.75 Å². The minimum absolute atomic E-state index is 0.800. The van der Waals surface area contributed by atoms with Crippen LogP contribution in [-0.4, -0.2) is 61.1 Å². The first kappa shape index (κ1) is 22.3. The summed E-state index contributed by atoms with van der Waals surface area (Å²) < 4.78 is 12.8. The summed E-state index contributed by atoms with van der Waals surface area (Å²) in [5.41, 5.74) is 4.57. The van der Waals surface area contributed by atoms with Gasteiger partial charge in [0, 0.05) is 69.5 Å². The first-order valence-corrected chi connectivity index (χ1v) is 11.8. The average Bonchev–Trinajstić information content (AvgIpc) is 3.62. The molecular formula is C27H31N5O2. The largest absolute Gasteiger partial charge is 0.497 e. The molecule has 0 atom stereocenters. The van der Waals surface area contributed by atoms with Gasteiger partial charge in [0.1, 0.15) is 11.5 Å². The Bertz CT molecular complexity index is 1100. The zero-order valence-electron chi connectivity index (χ0n) is 19.6. The number of anilines is 1. The lowest BCUT2D eigenvalue weighted by Crippen LogP contribution is -2.48. The van der Waals surface area contributed by atoms with Gasteiger partial charge < -0.3 is 19.4 Å². The number of benzene rings is 2. The lowest BCUT2D eigenvalue weighted by molar-refractivity contribution is 0.257. The number of hydrogen-bond acceptors (Lipinski definition) is 6. The van der Waals surface area contributed by atoms with Crippen LogP contribution in [0.1, 0.15) is 5.56 Å². The normalized spacial score (nSPS) is 14.4. The van der Waals surface area contributed by atoms with E-state index in [1.54, 1.807) is 19.6 Å². The molecule has 34 heavy (non-hydrogen) atoms. The highest BCUT2D eigenvalue weighted by atomic mass is 16.5. The van der Waals surface area contributed by atoms with Crippen LogP contribution in [-0.2, 0) is 6.54 Å². The molecule has 176 valence electrons. The molecule has 4 aromatic rings. The van der Waals surface area contributed by atoms with Crippen LogP contribution < -0.4 is 15.0 Å². The summed E-state index contributed by atoms with van der Waals surface area (Å²) in [5, 5.41) is 8.01. The molecule has 0 spiro atoms. The van der Waals surface area contributed by atoms with Crippen LogP contribution in [0.3, 0.4) is 0 Å². The van der Waals surface area contributed by atoms with E-state index in [0.717, 1.165) is 68.6 Å². The molecule has 0 unspecified atom stereocenters. The second kappa shape index (κ2) is 10.6. The molecule has 0 saturated carbocycles. The van der Waals surface area contributed by atoms with Crippen LogP contribution in [0.15, 0.2) is 83.7 Å². The van der Waals surface area contributed by atoms with Gasteiger partial charge in [-0.15, -0.1) is 0 Å². The summed E-state index contributed by atoms with van der Waals surface area (Å²) >= 11 is 0. The highest BCUT2D eigenvalue weighted by molar-refractivity contribution is 5.62. The van der Waals surface area contributed by atoms with E-state index in [1.807, 2.05) is 41.2 Å². The third-order valence-electron chi connectivity index (χ3n) is 6.30. The van der Waals surface area contributed by atoms with Gasteiger partial charge in [0.25, 0.3) is 0 Å². The van der Waals surface area contributed by atoms with Gasteiger partial charge in [0.2, 0.25) is 0 Å². The SMILES string of the molecule is COc1ccc(N2CCN(CCNCc3cc(-c4ccco4)cc(-n4cccn4)c3)CC2)cc1. The third kappa shape index (κ3) is 5.32. The van der Waals surface area contributed by atoms with Gasteiger partial charge in [0.15, 0.2) is 0 Å². The van der Waals surface area contributed by atoms with Crippen LogP contribution in [0.4, 0.5) is 5.69 Å². The van der Waals surface area contributed by atoms with Crippen molar-refractivity contribution >= 4 is 5.69 Å². The summed E-state index contributed by atoms with van der Waals surface area (Å²) in [4.78, 5) is 4.97. The van der Waals surface area contributed by atoms with Gasteiger partial charge in [-0.1, -0.05) is 0 Å². The van der Waals surface area contributed by atoms with Crippen molar-refractivity contribution in [3.05, 3.63) is 84.9 Å². The molecular weight excluding hydrogens is 426 g/mol. The van der Waals surface area contributed by atoms with Crippen LogP contribution in [0, 0.1) is 0 Å². The van der Waals surface area contributed by atoms with Crippen molar-refractivity contribution < 1.29 is 9.15 Å². The average molecular weight is 458 g/mol. The van der Waals surface area contributed by atoms with E-state index in [9.17, 15) is 0 Å². The molecule has 3 heterocycles. The molecule has 1 aliphatic rings. The number of hydrogen-bond donors (Lipinski definition) is 1. The van der Waals surface area contributed by atoms with Gasteiger partial charge in [0.05, 0.1) is 19.1 Å². The molecule has 0 aliphatic carbocycles. The summed E-state index contributed by atoms with van der Waals surface area (Å²) in [6.07, 6.45) is 5.47. The van der Waals surface area contributed by atoms with Gasteiger partial charge in [-0.05, 0) is 66.2 Å². The van der Waals surface area contributed by atoms with E-state index in [0.29, 0.717) is 0 Å². The van der Waals surface area contributed by atoms with Crippen molar-refractivity contribution in [3.8, 4) is 22.8 Å². The Hall–Kier alpha value is -3.55. The summed E-state index contributed by atoms with van der Waals surface area (Å²) in [6, 6.07) is 20.7. The van der Waals surface area contributed by atoms with Crippen molar-refractivity contribution in [2.45, 2.75) is 6.54 Å². The predicted octanol–water partition coefficient (Wildman–Crippen LogP) is 4.05. The molecule has 0 radical (unpaired) electrons. The standard InChI is InChI=1S/C27H31N5O2/c1-33-26-7-5-24(6-8-26)31-15-13-30(14-16-31)12-10-28-21-22-18-23(27-4-2-17-34-27)20-25(19-22)32-11-3-9-29-32/h2-9,11,17-20,28H,10,12-16,21H2,1H3. The van der Waals surface area contributed by atoms with Crippen molar-refractivity contribution in [1.82, 2.24) is 20.0 Å². The Balaban J connectivity index is 1.13. The number of ether oxygens (including phenoxy) is 1. The maximum Gasteiger partial charge on any atom is 0.133 e. The van der Waals surface area contributed by atoms with Crippen LogP contribution in [0.25, 0.3) is 17.0 Å². The number of methoxy groups -OCH3 is 1. The molecule has 1 saturated heterocycles. The first-order chi connectivity index (χ1) is 16.8. The number of nitrogens with one attached hydrogen (secondary N) is 1. The summed E-state index contributed by atoms with van der Waals surface area (Å²) in [6.45, 7) is 7.03. The fourth-order valence-electron chi connectivity index (χ4n) is 4.41. The Kier molecular flexibility index (Phi) is 6.93. The summed E-state index contributed by atoms with van der Waals surface area (Å²) in [5.74, 6) is 1.77. The van der Waals surface area contributed by atoms with Crippen LogP contribution >= 0.6 is 0 Å². The molecule has 5 rings (SSSR count). The summed E-state index contributed by atoms with van der Waals surface area (Å²) in [7, 11) is 1.70. The number of nitrogens with zero attached hydrogens (tertiary/aromatic N) is 4. The smallest absolute Gasteiger partial charge is 0.133 e. The molecule has 7 heteroatoms. The fraction of sp³-hybridized carbons (Fsp3) is 0.296. The van der Waals surface area contributed by atoms with E-state index in [1.165, 1.54) is 11.3 Å². The predicted molar refractivity (Wildman–Crippen MR) is 135 cm³/mol. The van der Waals surface area contributed by atoms with E-state index < -0.39 is 0 Å². The van der Waals surface area contributed by atoms with Crippen molar-refractivity contribution in [1.29, 1.82) is 0 Å². The monoisotopic (exact) mass is 457 g/mol.